The van der Waals surface area contributed by atoms with Crippen molar-refractivity contribution in [3.05, 3.63) is 11.6 Å². The average Bonchev–Trinajstić information content (AvgIpc) is 3.41. The molecule has 4 aliphatic carbocycles. The molecule has 9 nitrogen and oxygen atoms in total. The van der Waals surface area contributed by atoms with Gasteiger partial charge in [-0.3, -0.25) is 4.79 Å². The molecule has 0 aromatic carbocycles. The molecular weight excluding hydrogens is 500 g/mol. The largest absolute Gasteiger partial charge is 0.462 e. The van der Waals surface area contributed by atoms with Gasteiger partial charge in [0.25, 0.3) is 0 Å². The number of amides is 1. The van der Waals surface area contributed by atoms with Gasteiger partial charge in [0.05, 0.1) is 5.60 Å². The Morgan fingerprint density at radius 3 is 2.54 bits per heavy atom. The number of piperazine rings is 1. The second kappa shape index (κ2) is 9.75. The van der Waals surface area contributed by atoms with Crippen molar-refractivity contribution in [1.82, 2.24) is 10.2 Å². The van der Waals surface area contributed by atoms with Crippen molar-refractivity contribution in [3.63, 3.8) is 0 Å². The van der Waals surface area contributed by atoms with Crippen LogP contribution in [0, 0.1) is 34.5 Å². The highest BCUT2D eigenvalue weighted by Crippen LogP contribution is 2.70. The van der Waals surface area contributed by atoms with Gasteiger partial charge in [-0.25, -0.2) is 9.59 Å². The van der Waals surface area contributed by atoms with Crippen molar-refractivity contribution in [1.29, 1.82) is 0 Å². The van der Waals surface area contributed by atoms with E-state index in [4.69, 9.17) is 14.2 Å². The molecule has 0 radical (unpaired) electrons. The molecule has 6 rings (SSSR count). The highest BCUT2D eigenvalue weighted by Gasteiger charge is 2.71. The molecule has 39 heavy (non-hydrogen) atoms. The third-order valence-electron chi connectivity index (χ3n) is 11.8. The lowest BCUT2D eigenvalue weighted by Gasteiger charge is -2.63. The van der Waals surface area contributed by atoms with Gasteiger partial charge in [-0.1, -0.05) is 13.8 Å². The number of hydrogen-bond donors (Lipinski definition) is 2. The third-order valence-corrected chi connectivity index (χ3v) is 11.8. The van der Waals surface area contributed by atoms with Crippen LogP contribution in [0.2, 0.25) is 0 Å². The van der Waals surface area contributed by atoms with Crippen LogP contribution >= 0.6 is 0 Å². The van der Waals surface area contributed by atoms with Gasteiger partial charge in [0, 0.05) is 56.9 Å². The van der Waals surface area contributed by atoms with Crippen LogP contribution in [0.3, 0.4) is 0 Å². The highest BCUT2D eigenvalue weighted by molar-refractivity contribution is 5.85. The number of aliphatic hydroxyl groups is 1. The Morgan fingerprint density at radius 1 is 1.08 bits per heavy atom. The van der Waals surface area contributed by atoms with Crippen LogP contribution in [-0.4, -0.2) is 78.6 Å². The van der Waals surface area contributed by atoms with Gasteiger partial charge < -0.3 is 29.5 Å². The summed E-state index contributed by atoms with van der Waals surface area (Å²) in [5.74, 6) is -0.0504. The summed E-state index contributed by atoms with van der Waals surface area (Å²) < 4.78 is 17.1. The monoisotopic (exact) mass is 544 g/mol. The van der Waals surface area contributed by atoms with Gasteiger partial charge in [0.15, 0.2) is 0 Å². The maximum Gasteiger partial charge on any atom is 0.410 e. The number of rotatable bonds is 3. The first kappa shape index (κ1) is 27.1. The Morgan fingerprint density at radius 2 is 1.85 bits per heavy atom. The predicted molar refractivity (Wildman–Crippen MR) is 141 cm³/mol. The van der Waals surface area contributed by atoms with Gasteiger partial charge in [-0.2, -0.15) is 0 Å². The summed E-state index contributed by atoms with van der Waals surface area (Å²) >= 11 is 0. The lowest BCUT2D eigenvalue weighted by atomic mass is 9.43. The lowest BCUT2D eigenvalue weighted by Crippen LogP contribution is -2.62. The van der Waals surface area contributed by atoms with Crippen LogP contribution in [0.25, 0.3) is 0 Å². The van der Waals surface area contributed by atoms with E-state index in [1.54, 1.807) is 6.08 Å². The number of fused-ring (bicyclic) bond motifs is 5. The second-order valence-electron chi connectivity index (χ2n) is 13.5. The van der Waals surface area contributed by atoms with Crippen LogP contribution in [0.15, 0.2) is 11.6 Å². The minimum absolute atomic E-state index is 0.0463. The van der Waals surface area contributed by atoms with Gasteiger partial charge in [-0.15, -0.1) is 0 Å². The molecule has 0 aromatic heterocycles. The number of esters is 2. The molecule has 6 aliphatic rings. The second-order valence-corrected chi connectivity index (χ2v) is 13.5. The number of cyclic esters (lactones) is 1. The fourth-order valence-corrected chi connectivity index (χ4v) is 9.91. The van der Waals surface area contributed by atoms with Crippen LogP contribution < -0.4 is 5.32 Å². The van der Waals surface area contributed by atoms with E-state index in [-0.39, 0.29) is 48.0 Å². The van der Waals surface area contributed by atoms with Crippen molar-refractivity contribution in [2.75, 3.05) is 32.8 Å². The van der Waals surface area contributed by atoms with Gasteiger partial charge in [0.1, 0.15) is 18.8 Å². The topological polar surface area (TPSA) is 114 Å². The van der Waals surface area contributed by atoms with E-state index in [0.29, 0.717) is 31.3 Å². The molecule has 0 aromatic rings. The fourth-order valence-electron chi connectivity index (χ4n) is 9.91. The Hall–Kier alpha value is -2.13. The summed E-state index contributed by atoms with van der Waals surface area (Å²) in [7, 11) is 0. The van der Waals surface area contributed by atoms with Crippen molar-refractivity contribution < 1.29 is 33.7 Å². The van der Waals surface area contributed by atoms with Crippen molar-refractivity contribution in [2.45, 2.75) is 89.9 Å². The number of nitrogens with one attached hydrogen (secondary N) is 1. The van der Waals surface area contributed by atoms with Gasteiger partial charge in [-0.05, 0) is 73.7 Å². The van der Waals surface area contributed by atoms with Crippen LogP contribution in [0.4, 0.5) is 4.79 Å². The molecular formula is C30H44N2O7. The van der Waals surface area contributed by atoms with Gasteiger partial charge >= 0.3 is 18.0 Å². The van der Waals surface area contributed by atoms with Crippen LogP contribution in [0.5, 0.6) is 0 Å². The Kier molecular flexibility index (Phi) is 6.77. The Bertz CT molecular complexity index is 1060. The summed E-state index contributed by atoms with van der Waals surface area (Å²) in [6, 6.07) is 0. The molecule has 9 unspecified atom stereocenters. The maximum absolute atomic E-state index is 12.8. The van der Waals surface area contributed by atoms with Crippen molar-refractivity contribution >= 4 is 18.0 Å². The Labute approximate surface area is 231 Å². The van der Waals surface area contributed by atoms with E-state index in [0.717, 1.165) is 63.6 Å². The van der Waals surface area contributed by atoms with Crippen LogP contribution in [0.1, 0.15) is 72.1 Å². The zero-order valence-electron chi connectivity index (χ0n) is 23.6. The number of carbonyl (C=O) groups is 3. The molecule has 0 spiro atoms. The van der Waals surface area contributed by atoms with E-state index < -0.39 is 17.1 Å². The number of hydrogen-bond acceptors (Lipinski definition) is 8. The summed E-state index contributed by atoms with van der Waals surface area (Å²) in [4.78, 5) is 38.7. The SMILES string of the molecule is CC(=O)OC1CC2(O)C3CCC4CC(OC(=O)N5CCNCC5)CCC4(C)C3CCC2(C)C1C1=CC(=O)OC1. The normalized spacial score (nSPS) is 45.4. The number of ether oxygens (including phenoxy) is 3. The summed E-state index contributed by atoms with van der Waals surface area (Å²) in [6.45, 7) is 9.17. The van der Waals surface area contributed by atoms with Crippen LogP contribution in [-0.2, 0) is 23.8 Å². The molecule has 216 valence electrons. The maximum atomic E-state index is 12.8. The Balaban J connectivity index is 1.21. The predicted octanol–water partition coefficient (Wildman–Crippen LogP) is 3.20. The number of carbonyl (C=O) groups excluding carboxylic acids is 3. The summed E-state index contributed by atoms with van der Waals surface area (Å²) in [6.07, 6.45) is 7.67. The van der Waals surface area contributed by atoms with Crippen molar-refractivity contribution in [3.8, 4) is 0 Å². The third kappa shape index (κ3) is 4.30. The summed E-state index contributed by atoms with van der Waals surface area (Å²) in [5.41, 5.74) is -0.589. The minimum Gasteiger partial charge on any atom is -0.462 e. The molecule has 9 atom stereocenters. The molecule has 0 bridgehead atoms. The fraction of sp³-hybridized carbons (Fsp3) is 0.833. The summed E-state index contributed by atoms with van der Waals surface area (Å²) in [5, 5.41) is 15.9. The average molecular weight is 545 g/mol. The van der Waals surface area contributed by atoms with Crippen molar-refractivity contribution in [2.24, 2.45) is 34.5 Å². The van der Waals surface area contributed by atoms with E-state index in [9.17, 15) is 19.5 Å². The molecule has 2 heterocycles. The molecule has 9 heteroatoms. The molecule has 1 saturated heterocycles. The first-order chi connectivity index (χ1) is 18.5. The zero-order chi connectivity index (χ0) is 27.6. The molecule has 5 fully saturated rings. The van der Waals surface area contributed by atoms with E-state index >= 15 is 0 Å². The van der Waals surface area contributed by atoms with E-state index in [1.165, 1.54) is 6.92 Å². The van der Waals surface area contributed by atoms with E-state index in [2.05, 4.69) is 19.2 Å². The molecule has 4 saturated carbocycles. The standard InChI is InChI=1S/C30H44N2O7/c1-18(33)38-24-16-30(36)23-5-4-20-15-21(39-27(35)32-12-10-31-11-13-32)6-8-28(20,2)22(23)7-9-29(30,3)26(24)19-14-25(34)37-17-19/h14,20-24,26,31,36H,4-13,15-17H2,1-3H3. The molecule has 1 amide bonds. The molecule has 2 N–H and O–H groups in total. The first-order valence-electron chi connectivity index (χ1n) is 15.0. The number of nitrogens with zero attached hydrogens (tertiary/aromatic N) is 1. The molecule has 2 aliphatic heterocycles. The smallest absolute Gasteiger partial charge is 0.410 e. The lowest BCUT2D eigenvalue weighted by molar-refractivity contribution is -0.208. The van der Waals surface area contributed by atoms with Gasteiger partial charge in [0.2, 0.25) is 0 Å². The first-order valence-corrected chi connectivity index (χ1v) is 15.0. The zero-order valence-corrected chi connectivity index (χ0v) is 23.6. The van der Waals surface area contributed by atoms with E-state index in [1.807, 2.05) is 4.90 Å². The highest BCUT2D eigenvalue weighted by atomic mass is 16.6. The quantitative estimate of drug-likeness (QED) is 0.411. The minimum atomic E-state index is -0.993.